The van der Waals surface area contributed by atoms with E-state index in [0.29, 0.717) is 0 Å². The van der Waals surface area contributed by atoms with Crippen molar-refractivity contribution >= 4 is 23.4 Å². The van der Waals surface area contributed by atoms with E-state index in [-0.39, 0.29) is 41.4 Å². The number of halogens is 7. The molecule has 0 spiro atoms. The molecule has 0 saturated heterocycles. The number of ether oxygens (including phenoxy) is 1. The van der Waals surface area contributed by atoms with Gasteiger partial charge >= 0.3 is 12.4 Å². The largest absolute Gasteiger partial charge is 0.468 e. The summed E-state index contributed by atoms with van der Waals surface area (Å²) in [4.78, 5) is 11.6. The monoisotopic (exact) mass is 569 g/mol. The Morgan fingerprint density at radius 3 is 2.42 bits per heavy atom. The Balaban J connectivity index is 1.95. The number of nitrogens with zero attached hydrogens (tertiary/aromatic N) is 3. The van der Waals surface area contributed by atoms with E-state index in [4.69, 9.17) is 11.6 Å². The molecule has 1 saturated carbocycles. The van der Waals surface area contributed by atoms with Gasteiger partial charge in [-0.3, -0.25) is 0 Å². The zero-order chi connectivity index (χ0) is 28.3. The highest BCUT2D eigenvalue weighted by atomic mass is 35.5. The highest BCUT2D eigenvalue weighted by molar-refractivity contribution is 6.31. The first-order valence-electron chi connectivity index (χ1n) is 11.0. The zero-order valence-corrected chi connectivity index (χ0v) is 20.3. The summed E-state index contributed by atoms with van der Waals surface area (Å²) in [6, 6.07) is 2.50. The molecule has 9 nitrogen and oxygen atoms in total. The maximum Gasteiger partial charge on any atom is 0.422 e. The van der Waals surface area contributed by atoms with Crippen molar-refractivity contribution in [3.63, 3.8) is 0 Å². The Morgan fingerprint density at radius 2 is 1.84 bits per heavy atom. The Hall–Kier alpha value is -3.06. The number of nitrogens with one attached hydrogen (secondary N) is 2. The molecule has 3 rings (SSSR count). The normalized spacial score (nSPS) is 21.6. The molecule has 0 bridgehead atoms. The summed E-state index contributed by atoms with van der Waals surface area (Å²) in [7, 11) is 0. The third kappa shape index (κ3) is 7.73. The molecule has 16 heteroatoms. The molecule has 0 aromatic carbocycles. The van der Waals surface area contributed by atoms with Gasteiger partial charge in [0.1, 0.15) is 18.2 Å². The standard InChI is InChI=1S/C22H22ClF6N5O4/c1-11-12(3-5-15(31-11)38-10-22(27,28)29)2-4-14-17(23)32-19(30-9-21(24,25)26)33-18(14)34-20(37)7-6-13(8-35)16(20)36/h3,5,13,16,35-37H,6-10H2,1H3,(H2,30,32,33,34). The number of anilines is 2. The van der Waals surface area contributed by atoms with Crippen LogP contribution in [0.1, 0.15) is 29.7 Å². The summed E-state index contributed by atoms with van der Waals surface area (Å²) in [6.07, 6.45) is -10.4. The molecule has 0 amide bonds. The van der Waals surface area contributed by atoms with Crippen molar-refractivity contribution < 1.29 is 46.4 Å². The third-order valence-electron chi connectivity index (χ3n) is 5.48. The predicted octanol–water partition coefficient (Wildman–Crippen LogP) is 3.01. The number of aliphatic hydroxyl groups excluding tert-OH is 2. The Bertz CT molecular complexity index is 1220. The first kappa shape index (κ1) is 29.5. The van der Waals surface area contributed by atoms with Crippen molar-refractivity contribution in [2.45, 2.75) is 43.9 Å². The molecule has 3 atom stereocenters. The summed E-state index contributed by atoms with van der Waals surface area (Å²) in [5.74, 6) is 3.49. The first-order chi connectivity index (χ1) is 17.6. The summed E-state index contributed by atoms with van der Waals surface area (Å²) < 4.78 is 79.7. The van der Waals surface area contributed by atoms with Gasteiger partial charge in [-0.05, 0) is 25.8 Å². The minimum atomic E-state index is -4.60. The van der Waals surface area contributed by atoms with Gasteiger partial charge in [0.2, 0.25) is 11.8 Å². The Morgan fingerprint density at radius 1 is 1.13 bits per heavy atom. The van der Waals surface area contributed by atoms with Crippen LogP contribution in [0, 0.1) is 24.7 Å². The average Bonchev–Trinajstić information content (AvgIpc) is 3.09. The van der Waals surface area contributed by atoms with Crippen LogP contribution in [0.15, 0.2) is 12.1 Å². The molecular formula is C22H22ClF6N5O4. The number of pyridine rings is 1. The molecular weight excluding hydrogens is 548 g/mol. The van der Waals surface area contributed by atoms with Gasteiger partial charge in [0.05, 0.1) is 5.69 Å². The Labute approximate surface area is 217 Å². The van der Waals surface area contributed by atoms with Gasteiger partial charge < -0.3 is 30.7 Å². The molecule has 3 unspecified atom stereocenters. The number of hydrogen-bond donors (Lipinski definition) is 5. The van der Waals surface area contributed by atoms with Crippen molar-refractivity contribution in [3.05, 3.63) is 34.1 Å². The minimum absolute atomic E-state index is 0.0401. The van der Waals surface area contributed by atoms with Crippen molar-refractivity contribution in [1.82, 2.24) is 15.0 Å². The molecule has 0 aliphatic heterocycles. The molecule has 2 aromatic rings. The van der Waals surface area contributed by atoms with E-state index in [0.717, 1.165) is 6.07 Å². The molecule has 0 radical (unpaired) electrons. The fourth-order valence-corrected chi connectivity index (χ4v) is 3.78. The quantitative estimate of drug-likeness (QED) is 0.148. The molecule has 208 valence electrons. The molecule has 1 aliphatic rings. The third-order valence-corrected chi connectivity index (χ3v) is 5.75. The lowest BCUT2D eigenvalue weighted by Gasteiger charge is -2.30. The van der Waals surface area contributed by atoms with Crippen LogP contribution >= 0.6 is 11.6 Å². The van der Waals surface area contributed by atoms with Gasteiger partial charge in [-0.1, -0.05) is 23.4 Å². The minimum Gasteiger partial charge on any atom is -0.468 e. The fraction of sp³-hybridized carbons (Fsp3) is 0.500. The molecule has 38 heavy (non-hydrogen) atoms. The maximum absolute atomic E-state index is 12.7. The Kier molecular flexibility index (Phi) is 8.82. The molecule has 2 heterocycles. The second-order valence-corrected chi connectivity index (χ2v) is 8.80. The highest BCUT2D eigenvalue weighted by Crippen LogP contribution is 2.37. The number of hydrogen-bond acceptors (Lipinski definition) is 9. The number of alkyl halides is 6. The lowest BCUT2D eigenvalue weighted by atomic mass is 10.0. The summed E-state index contributed by atoms with van der Waals surface area (Å²) in [6.45, 7) is -1.98. The second kappa shape index (κ2) is 11.4. The van der Waals surface area contributed by atoms with Gasteiger partial charge in [-0.25, -0.2) is 4.98 Å². The summed E-state index contributed by atoms with van der Waals surface area (Å²) in [5, 5.41) is 34.9. The lowest BCUT2D eigenvalue weighted by molar-refractivity contribution is -0.154. The van der Waals surface area contributed by atoms with Gasteiger partial charge in [-0.2, -0.15) is 36.3 Å². The SMILES string of the molecule is Cc1nc(OCC(F)(F)F)ccc1C#Cc1c(Cl)nc(NCC(F)(F)F)nc1NC1(O)CCC(CO)C1O. The molecule has 2 aromatic heterocycles. The van der Waals surface area contributed by atoms with Gasteiger partial charge in [0.15, 0.2) is 23.3 Å². The van der Waals surface area contributed by atoms with E-state index in [1.54, 1.807) is 0 Å². The van der Waals surface area contributed by atoms with Crippen molar-refractivity contribution in [3.8, 4) is 17.7 Å². The van der Waals surface area contributed by atoms with Crippen LogP contribution in [-0.4, -0.2) is 74.2 Å². The van der Waals surface area contributed by atoms with Crippen LogP contribution in [0.25, 0.3) is 0 Å². The van der Waals surface area contributed by atoms with E-state index in [1.807, 2.05) is 5.32 Å². The van der Waals surface area contributed by atoms with Gasteiger partial charge in [-0.15, -0.1) is 0 Å². The molecule has 1 fully saturated rings. The lowest BCUT2D eigenvalue weighted by Crippen LogP contribution is -2.48. The van der Waals surface area contributed by atoms with E-state index >= 15 is 0 Å². The zero-order valence-electron chi connectivity index (χ0n) is 19.6. The fourth-order valence-electron chi connectivity index (χ4n) is 3.56. The summed E-state index contributed by atoms with van der Waals surface area (Å²) in [5.41, 5.74) is -1.74. The van der Waals surface area contributed by atoms with Crippen LogP contribution in [0.4, 0.5) is 38.1 Å². The number of rotatable bonds is 7. The summed E-state index contributed by atoms with van der Waals surface area (Å²) >= 11 is 6.18. The topological polar surface area (TPSA) is 133 Å². The van der Waals surface area contributed by atoms with Gasteiger partial charge in [0.25, 0.3) is 0 Å². The van der Waals surface area contributed by atoms with Crippen molar-refractivity contribution in [1.29, 1.82) is 0 Å². The predicted molar refractivity (Wildman–Crippen MR) is 122 cm³/mol. The number of aliphatic hydroxyl groups is 3. The van der Waals surface area contributed by atoms with E-state index in [1.165, 1.54) is 13.0 Å². The number of aromatic nitrogens is 3. The number of aryl methyl sites for hydroxylation is 1. The van der Waals surface area contributed by atoms with Crippen LogP contribution in [0.5, 0.6) is 5.88 Å². The molecule has 5 N–H and O–H groups in total. The van der Waals surface area contributed by atoms with Crippen molar-refractivity contribution in [2.24, 2.45) is 5.92 Å². The van der Waals surface area contributed by atoms with E-state index in [9.17, 15) is 41.7 Å². The van der Waals surface area contributed by atoms with Crippen LogP contribution < -0.4 is 15.4 Å². The van der Waals surface area contributed by atoms with Crippen LogP contribution in [0.3, 0.4) is 0 Å². The van der Waals surface area contributed by atoms with Crippen LogP contribution in [-0.2, 0) is 0 Å². The van der Waals surface area contributed by atoms with Gasteiger partial charge in [0, 0.05) is 24.2 Å². The van der Waals surface area contributed by atoms with Crippen molar-refractivity contribution in [2.75, 3.05) is 30.4 Å². The first-order valence-corrected chi connectivity index (χ1v) is 11.3. The molecule has 1 aliphatic carbocycles. The average molecular weight is 570 g/mol. The van der Waals surface area contributed by atoms with Crippen LogP contribution in [0.2, 0.25) is 5.15 Å². The van der Waals surface area contributed by atoms with E-state index in [2.05, 4.69) is 36.8 Å². The smallest absolute Gasteiger partial charge is 0.422 e. The van der Waals surface area contributed by atoms with E-state index < -0.39 is 61.0 Å². The second-order valence-electron chi connectivity index (χ2n) is 8.44. The highest BCUT2D eigenvalue weighted by Gasteiger charge is 2.47. The maximum atomic E-state index is 12.7.